The van der Waals surface area contributed by atoms with Crippen LogP contribution in [0.1, 0.15) is 83.4 Å². The van der Waals surface area contributed by atoms with Crippen LogP contribution in [0, 0.1) is 11.8 Å². The van der Waals surface area contributed by atoms with Crippen LogP contribution in [0.5, 0.6) is 5.75 Å². The van der Waals surface area contributed by atoms with E-state index in [2.05, 4.69) is 62.6 Å². The molecule has 3 rings (SSSR count). The number of nitrogens with zero attached hydrogens (tertiary/aromatic N) is 1. The van der Waals surface area contributed by atoms with Crippen LogP contribution < -0.4 is 4.74 Å². The molecule has 27 heavy (non-hydrogen) atoms. The topological polar surface area (TPSA) is 12.5 Å². The van der Waals surface area contributed by atoms with Crippen molar-refractivity contribution in [3.05, 3.63) is 41.1 Å². The molecule has 0 amide bonds. The molecule has 2 heterocycles. The van der Waals surface area contributed by atoms with Crippen molar-refractivity contribution < 1.29 is 4.74 Å². The lowest BCUT2D eigenvalue weighted by Gasteiger charge is -2.47. The fraction of sp³-hybridized carbons (Fsp3) is 0.640. The van der Waals surface area contributed by atoms with E-state index in [-0.39, 0.29) is 0 Å². The maximum atomic E-state index is 5.57. The third-order valence-electron chi connectivity index (χ3n) is 6.03. The van der Waals surface area contributed by atoms with Gasteiger partial charge in [-0.25, -0.2) is 0 Å². The number of benzene rings is 1. The minimum Gasteiger partial charge on any atom is -0.497 e. The molecule has 1 aromatic carbocycles. The highest BCUT2D eigenvalue weighted by Gasteiger charge is 2.39. The number of hydrogen-bond acceptors (Lipinski definition) is 2. The van der Waals surface area contributed by atoms with Crippen LogP contribution in [-0.2, 0) is 0 Å². The fourth-order valence-electron chi connectivity index (χ4n) is 4.66. The molecule has 0 spiro atoms. The summed E-state index contributed by atoms with van der Waals surface area (Å²) in [7, 11) is 1.77. The SMILES string of the molecule is COc1ccc2c(c1)C(=C=CCCC(C)C)[C@H](CC(C)C)N1CCCC[C@@H]21. The molecular formula is C25H37NO. The van der Waals surface area contributed by atoms with E-state index in [4.69, 9.17) is 4.74 Å². The highest BCUT2D eigenvalue weighted by Crippen LogP contribution is 2.46. The second kappa shape index (κ2) is 9.13. The summed E-state index contributed by atoms with van der Waals surface area (Å²) in [5.41, 5.74) is 8.02. The summed E-state index contributed by atoms with van der Waals surface area (Å²) < 4.78 is 5.57. The Morgan fingerprint density at radius 1 is 1.19 bits per heavy atom. The summed E-state index contributed by atoms with van der Waals surface area (Å²) in [6.45, 7) is 10.5. The van der Waals surface area contributed by atoms with E-state index in [0.29, 0.717) is 18.0 Å². The van der Waals surface area contributed by atoms with E-state index >= 15 is 0 Å². The zero-order valence-electron chi connectivity index (χ0n) is 17.9. The van der Waals surface area contributed by atoms with Gasteiger partial charge < -0.3 is 4.74 Å². The number of piperidine rings is 1. The van der Waals surface area contributed by atoms with Gasteiger partial charge in [0.2, 0.25) is 0 Å². The van der Waals surface area contributed by atoms with Crippen LogP contribution in [0.15, 0.2) is 30.0 Å². The Hall–Kier alpha value is -1.50. The third-order valence-corrected chi connectivity index (χ3v) is 6.03. The summed E-state index contributed by atoms with van der Waals surface area (Å²) in [6.07, 6.45) is 9.76. The second-order valence-corrected chi connectivity index (χ2v) is 9.08. The quantitative estimate of drug-likeness (QED) is 0.523. The average Bonchev–Trinajstić information content (AvgIpc) is 2.65. The van der Waals surface area contributed by atoms with Gasteiger partial charge in [-0.1, -0.05) is 40.2 Å². The zero-order valence-corrected chi connectivity index (χ0v) is 17.9. The summed E-state index contributed by atoms with van der Waals surface area (Å²) in [6, 6.07) is 7.73. The number of ether oxygens (including phenoxy) is 1. The van der Waals surface area contributed by atoms with Crippen molar-refractivity contribution in [2.24, 2.45) is 11.8 Å². The molecule has 2 aliphatic rings. The fourth-order valence-corrected chi connectivity index (χ4v) is 4.66. The molecule has 148 valence electrons. The van der Waals surface area contributed by atoms with Crippen molar-refractivity contribution in [3.63, 3.8) is 0 Å². The van der Waals surface area contributed by atoms with E-state index in [1.807, 2.05) is 0 Å². The normalized spacial score (nSPS) is 22.4. The molecular weight excluding hydrogens is 330 g/mol. The maximum absolute atomic E-state index is 5.57. The molecule has 1 fully saturated rings. The molecule has 2 nitrogen and oxygen atoms in total. The molecule has 1 saturated heterocycles. The van der Waals surface area contributed by atoms with Crippen molar-refractivity contribution in [2.75, 3.05) is 13.7 Å². The predicted molar refractivity (Wildman–Crippen MR) is 115 cm³/mol. The first kappa shape index (κ1) is 20.2. The summed E-state index contributed by atoms with van der Waals surface area (Å²) >= 11 is 0. The lowest BCUT2D eigenvalue weighted by Crippen LogP contribution is -2.46. The van der Waals surface area contributed by atoms with Gasteiger partial charge in [0.25, 0.3) is 0 Å². The number of methoxy groups -OCH3 is 1. The van der Waals surface area contributed by atoms with Crippen LogP contribution >= 0.6 is 0 Å². The van der Waals surface area contributed by atoms with Gasteiger partial charge in [0, 0.05) is 17.7 Å². The Morgan fingerprint density at radius 3 is 2.70 bits per heavy atom. The molecule has 0 bridgehead atoms. The van der Waals surface area contributed by atoms with E-state index in [9.17, 15) is 0 Å². The van der Waals surface area contributed by atoms with Gasteiger partial charge in [-0.05, 0) is 79.8 Å². The van der Waals surface area contributed by atoms with Gasteiger partial charge >= 0.3 is 0 Å². The summed E-state index contributed by atoms with van der Waals surface area (Å²) in [5.74, 6) is 2.38. The minimum absolute atomic E-state index is 0.477. The molecule has 0 aromatic heterocycles. The Bertz CT molecular complexity index is 696. The van der Waals surface area contributed by atoms with Crippen LogP contribution in [0.25, 0.3) is 5.57 Å². The minimum atomic E-state index is 0.477. The van der Waals surface area contributed by atoms with E-state index in [0.717, 1.165) is 18.1 Å². The molecule has 2 heteroatoms. The van der Waals surface area contributed by atoms with Crippen molar-refractivity contribution >= 4 is 5.57 Å². The monoisotopic (exact) mass is 367 g/mol. The number of rotatable bonds is 6. The second-order valence-electron chi connectivity index (χ2n) is 9.08. The molecule has 2 atom stereocenters. The lowest BCUT2D eigenvalue weighted by molar-refractivity contribution is 0.103. The first-order valence-electron chi connectivity index (χ1n) is 10.9. The van der Waals surface area contributed by atoms with E-state index in [1.165, 1.54) is 55.3 Å². The van der Waals surface area contributed by atoms with Crippen LogP contribution in [0.2, 0.25) is 0 Å². The molecule has 0 N–H and O–H groups in total. The van der Waals surface area contributed by atoms with Crippen LogP contribution in [-0.4, -0.2) is 24.6 Å². The largest absolute Gasteiger partial charge is 0.497 e. The maximum Gasteiger partial charge on any atom is 0.119 e. The molecule has 1 aromatic rings. The van der Waals surface area contributed by atoms with Gasteiger partial charge in [-0.2, -0.15) is 0 Å². The Labute approximate surface area is 166 Å². The first-order valence-corrected chi connectivity index (χ1v) is 10.9. The predicted octanol–water partition coefficient (Wildman–Crippen LogP) is 6.63. The Morgan fingerprint density at radius 2 is 2.00 bits per heavy atom. The molecule has 0 aliphatic carbocycles. The first-order chi connectivity index (χ1) is 13.0. The van der Waals surface area contributed by atoms with Gasteiger partial charge in [-0.3, -0.25) is 4.90 Å². The third kappa shape index (κ3) is 4.68. The standard InChI is InChI=1S/C25H37NO/c1-18(2)10-6-7-11-21-23-17-20(27-5)13-14-22(23)24-12-8-9-15-26(24)25(21)16-19(3)4/h7,13-14,17-19,24-25H,6,8-10,12,15-16H2,1-5H3/t11?,24-,25-/m0/s1. The highest BCUT2D eigenvalue weighted by atomic mass is 16.5. The molecule has 0 unspecified atom stereocenters. The molecule has 0 saturated carbocycles. The number of fused-ring (bicyclic) bond motifs is 3. The average molecular weight is 368 g/mol. The van der Waals surface area contributed by atoms with E-state index < -0.39 is 0 Å². The van der Waals surface area contributed by atoms with Crippen LogP contribution in [0.3, 0.4) is 0 Å². The van der Waals surface area contributed by atoms with Crippen molar-refractivity contribution in [2.45, 2.75) is 78.3 Å². The smallest absolute Gasteiger partial charge is 0.119 e. The van der Waals surface area contributed by atoms with Gasteiger partial charge in [0.15, 0.2) is 0 Å². The van der Waals surface area contributed by atoms with Gasteiger partial charge in [-0.15, -0.1) is 5.73 Å². The summed E-state index contributed by atoms with van der Waals surface area (Å²) in [4.78, 5) is 2.77. The molecule has 0 radical (unpaired) electrons. The molecule has 2 aliphatic heterocycles. The van der Waals surface area contributed by atoms with Crippen molar-refractivity contribution in [3.8, 4) is 5.75 Å². The van der Waals surface area contributed by atoms with E-state index in [1.54, 1.807) is 7.11 Å². The lowest BCUT2D eigenvalue weighted by atomic mass is 9.78. The van der Waals surface area contributed by atoms with Gasteiger partial charge in [0.1, 0.15) is 5.75 Å². The Balaban J connectivity index is 2.08. The van der Waals surface area contributed by atoms with Crippen molar-refractivity contribution in [1.29, 1.82) is 0 Å². The Kier molecular flexibility index (Phi) is 6.84. The number of hydrogen-bond donors (Lipinski definition) is 0. The van der Waals surface area contributed by atoms with Crippen molar-refractivity contribution in [1.82, 2.24) is 4.90 Å². The zero-order chi connectivity index (χ0) is 19.4. The van der Waals surface area contributed by atoms with Crippen LogP contribution in [0.4, 0.5) is 0 Å². The van der Waals surface area contributed by atoms with Gasteiger partial charge in [0.05, 0.1) is 7.11 Å². The summed E-state index contributed by atoms with van der Waals surface area (Å²) in [5, 5.41) is 0. The highest BCUT2D eigenvalue weighted by molar-refractivity contribution is 5.75.